The zero-order valence-electron chi connectivity index (χ0n) is 21.7. The Balaban J connectivity index is 5.77. The average molecular weight is 450 g/mol. The first-order chi connectivity index (χ1) is 14.2. The molecule has 0 aromatic heterocycles. The van der Waals surface area contributed by atoms with Gasteiger partial charge in [0.05, 0.1) is 20.4 Å². The van der Waals surface area contributed by atoms with Gasteiger partial charge in [-0.15, -0.1) is 0 Å². The Hall–Kier alpha value is -2.32. The lowest BCUT2D eigenvalue weighted by atomic mass is 9.79. The normalized spacial score (nSPS) is 13.6. The van der Waals surface area contributed by atoms with Gasteiger partial charge >= 0.3 is 11.9 Å². The summed E-state index contributed by atoms with van der Waals surface area (Å²) in [6, 6.07) is 0. The first kappa shape index (κ1) is 29.7. The first-order valence-electron chi connectivity index (χ1n) is 10.5. The molecular weight excluding hydrogens is 411 g/mol. The SMILES string of the molecule is [B]CN(C)C(=O)C(C)(C)NC(=O)C(C)(C)C(=O)OC(C)(C)/C(C)=C(/C)C(C)(C)C(=O)OC. The fourth-order valence-corrected chi connectivity index (χ4v) is 2.91. The summed E-state index contributed by atoms with van der Waals surface area (Å²) in [7, 11) is 8.33. The van der Waals surface area contributed by atoms with Gasteiger partial charge in [-0.25, -0.2) is 0 Å². The zero-order chi connectivity index (χ0) is 25.9. The minimum atomic E-state index is -1.58. The molecule has 0 saturated heterocycles. The minimum absolute atomic E-state index is 0.00928. The highest BCUT2D eigenvalue weighted by Crippen LogP contribution is 2.36. The summed E-state index contributed by atoms with van der Waals surface area (Å²) in [5, 5.41) is 2.62. The van der Waals surface area contributed by atoms with E-state index in [4.69, 9.17) is 17.3 Å². The van der Waals surface area contributed by atoms with Crippen LogP contribution in [0.2, 0.25) is 0 Å². The fraction of sp³-hybridized carbons (Fsp3) is 0.739. The van der Waals surface area contributed by atoms with Crippen LogP contribution in [0.25, 0.3) is 0 Å². The Morgan fingerprint density at radius 2 is 1.31 bits per heavy atom. The van der Waals surface area contributed by atoms with E-state index in [0.29, 0.717) is 11.1 Å². The number of amides is 2. The number of hydrogen-bond acceptors (Lipinski definition) is 6. The van der Waals surface area contributed by atoms with Crippen molar-refractivity contribution in [1.82, 2.24) is 10.2 Å². The zero-order valence-corrected chi connectivity index (χ0v) is 21.7. The Bertz CT molecular complexity index is 796. The van der Waals surface area contributed by atoms with Crippen molar-refractivity contribution in [3.05, 3.63) is 11.1 Å². The van der Waals surface area contributed by atoms with Crippen molar-refractivity contribution in [3.8, 4) is 0 Å². The number of carbonyl (C=O) groups is 4. The molecule has 2 radical (unpaired) electrons. The van der Waals surface area contributed by atoms with E-state index in [2.05, 4.69) is 5.32 Å². The van der Waals surface area contributed by atoms with E-state index in [9.17, 15) is 19.2 Å². The highest BCUT2D eigenvalue weighted by Gasteiger charge is 2.45. The highest BCUT2D eigenvalue weighted by molar-refractivity contribution is 6.10. The van der Waals surface area contributed by atoms with Gasteiger partial charge in [-0.2, -0.15) is 0 Å². The van der Waals surface area contributed by atoms with Crippen molar-refractivity contribution < 1.29 is 28.7 Å². The molecule has 0 aromatic carbocycles. The molecule has 8 nitrogen and oxygen atoms in total. The molecule has 32 heavy (non-hydrogen) atoms. The van der Waals surface area contributed by atoms with Crippen molar-refractivity contribution in [2.24, 2.45) is 10.8 Å². The predicted molar refractivity (Wildman–Crippen MR) is 124 cm³/mol. The third kappa shape index (κ3) is 6.36. The molecular formula is C23H39BN2O6. The van der Waals surface area contributed by atoms with Crippen LogP contribution in [0.5, 0.6) is 0 Å². The van der Waals surface area contributed by atoms with E-state index in [1.165, 1.54) is 46.8 Å². The lowest BCUT2D eigenvalue weighted by molar-refractivity contribution is -0.168. The number of nitrogens with zero attached hydrogens (tertiary/aromatic N) is 1. The second kappa shape index (κ2) is 10.1. The molecule has 0 rings (SSSR count). The van der Waals surface area contributed by atoms with Crippen molar-refractivity contribution in [2.75, 3.05) is 20.6 Å². The molecule has 0 aliphatic rings. The number of esters is 2. The van der Waals surface area contributed by atoms with Gasteiger partial charge in [-0.1, -0.05) is 5.57 Å². The largest absolute Gasteiger partial charge is 0.468 e. The Labute approximate surface area is 193 Å². The van der Waals surface area contributed by atoms with Crippen LogP contribution in [0.3, 0.4) is 0 Å². The summed E-state index contributed by atoms with van der Waals surface area (Å²) in [6.45, 7) is 16.3. The molecule has 0 aliphatic carbocycles. The van der Waals surface area contributed by atoms with Crippen LogP contribution in [0.4, 0.5) is 0 Å². The van der Waals surface area contributed by atoms with E-state index >= 15 is 0 Å². The summed E-state index contributed by atoms with van der Waals surface area (Å²) in [6.07, 6.45) is -0.00928. The van der Waals surface area contributed by atoms with Gasteiger partial charge in [0.25, 0.3) is 0 Å². The number of rotatable bonds is 9. The van der Waals surface area contributed by atoms with Crippen LogP contribution < -0.4 is 5.32 Å². The standard InChI is InChI=1S/C23H39BN2O6/c1-14(20(3,4)18(29)31-12)15(2)23(9,10)32-19(30)21(5,6)16(27)25-22(7,8)17(28)26(11)13-24/h13H2,1-12H3,(H,25,27)/b15-14-. The maximum Gasteiger partial charge on any atom is 0.321 e. The molecule has 180 valence electrons. The van der Waals surface area contributed by atoms with Crippen LogP contribution in [0, 0.1) is 10.8 Å². The minimum Gasteiger partial charge on any atom is -0.468 e. The molecule has 0 fully saturated rings. The summed E-state index contributed by atoms with van der Waals surface area (Å²) in [5.41, 5.74) is -3.51. The van der Waals surface area contributed by atoms with Crippen LogP contribution >= 0.6 is 0 Å². The van der Waals surface area contributed by atoms with Crippen molar-refractivity contribution in [3.63, 3.8) is 0 Å². The maximum absolute atomic E-state index is 13.0. The summed E-state index contributed by atoms with van der Waals surface area (Å²) in [4.78, 5) is 51.9. The van der Waals surface area contributed by atoms with Crippen LogP contribution in [-0.4, -0.2) is 68.2 Å². The smallest absolute Gasteiger partial charge is 0.321 e. The first-order valence-corrected chi connectivity index (χ1v) is 10.5. The number of likely N-dealkylation sites (N-methyl/N-ethyl adjacent to an activating group) is 1. The Kier molecular flexibility index (Phi) is 9.36. The molecule has 0 saturated carbocycles. The fourth-order valence-electron chi connectivity index (χ4n) is 2.91. The molecule has 0 aromatic rings. The molecule has 0 bridgehead atoms. The average Bonchev–Trinajstić information content (AvgIpc) is 2.69. The van der Waals surface area contributed by atoms with E-state index in [1.54, 1.807) is 41.5 Å². The highest BCUT2D eigenvalue weighted by atomic mass is 16.6. The van der Waals surface area contributed by atoms with Crippen molar-refractivity contribution >= 4 is 31.6 Å². The van der Waals surface area contributed by atoms with Gasteiger partial charge in [-0.05, 0) is 81.3 Å². The lowest BCUT2D eigenvalue weighted by Crippen LogP contribution is -2.59. The molecule has 0 unspecified atom stereocenters. The number of methoxy groups -OCH3 is 1. The molecule has 0 aliphatic heterocycles. The van der Waals surface area contributed by atoms with Crippen LogP contribution in [0.1, 0.15) is 69.2 Å². The maximum atomic E-state index is 13.0. The van der Waals surface area contributed by atoms with E-state index in [1.807, 2.05) is 0 Å². The van der Waals surface area contributed by atoms with Gasteiger partial charge in [0.2, 0.25) is 11.8 Å². The quantitative estimate of drug-likeness (QED) is 0.250. The lowest BCUT2D eigenvalue weighted by Gasteiger charge is -2.36. The molecule has 0 heterocycles. The molecule has 0 atom stereocenters. The molecule has 1 N–H and O–H groups in total. The molecule has 2 amide bonds. The van der Waals surface area contributed by atoms with Crippen molar-refractivity contribution in [1.29, 1.82) is 0 Å². The van der Waals surface area contributed by atoms with Gasteiger partial charge in [0.15, 0.2) is 0 Å². The van der Waals surface area contributed by atoms with Gasteiger partial charge in [0.1, 0.15) is 16.6 Å². The van der Waals surface area contributed by atoms with E-state index in [0.717, 1.165) is 0 Å². The van der Waals surface area contributed by atoms with E-state index < -0.39 is 45.7 Å². The monoisotopic (exact) mass is 450 g/mol. The summed E-state index contributed by atoms with van der Waals surface area (Å²) >= 11 is 0. The van der Waals surface area contributed by atoms with Gasteiger partial charge in [0, 0.05) is 7.05 Å². The summed E-state index contributed by atoms with van der Waals surface area (Å²) in [5.74, 6) is -2.23. The van der Waals surface area contributed by atoms with Gasteiger partial charge < -0.3 is 19.7 Å². The number of ether oxygens (including phenoxy) is 2. The third-order valence-electron chi connectivity index (χ3n) is 6.11. The van der Waals surface area contributed by atoms with Crippen LogP contribution in [0.15, 0.2) is 11.1 Å². The predicted octanol–water partition coefficient (Wildman–Crippen LogP) is 2.35. The number of carbonyl (C=O) groups excluding carboxylic acids is 4. The molecule has 9 heteroatoms. The molecule has 0 spiro atoms. The third-order valence-corrected chi connectivity index (χ3v) is 6.11. The van der Waals surface area contributed by atoms with E-state index in [-0.39, 0.29) is 6.44 Å². The Morgan fingerprint density at radius 1 is 0.844 bits per heavy atom. The number of nitrogens with one attached hydrogen (secondary N) is 1. The second-order valence-electron chi connectivity index (χ2n) is 10.2. The number of hydrogen-bond donors (Lipinski definition) is 1. The second-order valence-corrected chi connectivity index (χ2v) is 10.2. The Morgan fingerprint density at radius 3 is 1.72 bits per heavy atom. The topological polar surface area (TPSA) is 102 Å². The van der Waals surface area contributed by atoms with Crippen molar-refractivity contribution in [2.45, 2.75) is 80.4 Å². The van der Waals surface area contributed by atoms with Crippen LogP contribution in [-0.2, 0) is 28.7 Å². The summed E-state index contributed by atoms with van der Waals surface area (Å²) < 4.78 is 10.6. The van der Waals surface area contributed by atoms with Gasteiger partial charge in [-0.3, -0.25) is 19.2 Å².